The number of carbonyl (C=O) groups is 1. The standard InChI is InChI=1S/C11H20N2O/c1-2-13(9-5-6-9)10(14)11(12)7-3-4-8-11/h9H,2-8,12H2,1H3. The second-order valence-electron chi connectivity index (χ2n) is 4.69. The third kappa shape index (κ3) is 1.65. The molecule has 0 aromatic carbocycles. The molecule has 1 amide bonds. The van der Waals surface area contributed by atoms with Crippen LogP contribution in [0.3, 0.4) is 0 Å². The minimum Gasteiger partial charge on any atom is -0.338 e. The van der Waals surface area contributed by atoms with E-state index >= 15 is 0 Å². The van der Waals surface area contributed by atoms with E-state index in [4.69, 9.17) is 5.73 Å². The first kappa shape index (κ1) is 9.97. The van der Waals surface area contributed by atoms with E-state index in [0.717, 1.165) is 32.2 Å². The first-order chi connectivity index (χ1) is 6.67. The van der Waals surface area contributed by atoms with Gasteiger partial charge >= 0.3 is 0 Å². The van der Waals surface area contributed by atoms with Gasteiger partial charge in [-0.25, -0.2) is 0 Å². The summed E-state index contributed by atoms with van der Waals surface area (Å²) in [5, 5.41) is 0. The van der Waals surface area contributed by atoms with Crippen molar-refractivity contribution >= 4 is 5.91 Å². The summed E-state index contributed by atoms with van der Waals surface area (Å²) in [7, 11) is 0. The summed E-state index contributed by atoms with van der Waals surface area (Å²) in [6.07, 6.45) is 6.35. The fourth-order valence-electron chi connectivity index (χ4n) is 2.46. The van der Waals surface area contributed by atoms with Gasteiger partial charge < -0.3 is 10.6 Å². The SMILES string of the molecule is CCN(C(=O)C1(N)CCCC1)C1CC1. The number of hydrogen-bond acceptors (Lipinski definition) is 2. The lowest BCUT2D eigenvalue weighted by atomic mass is 9.97. The van der Waals surface area contributed by atoms with Crippen LogP contribution < -0.4 is 5.73 Å². The van der Waals surface area contributed by atoms with E-state index in [1.165, 1.54) is 12.8 Å². The maximum absolute atomic E-state index is 12.2. The van der Waals surface area contributed by atoms with Gasteiger partial charge in [0.05, 0.1) is 5.54 Å². The lowest BCUT2D eigenvalue weighted by Crippen LogP contribution is -2.54. The lowest BCUT2D eigenvalue weighted by Gasteiger charge is -2.30. The van der Waals surface area contributed by atoms with Crippen molar-refractivity contribution in [3.8, 4) is 0 Å². The monoisotopic (exact) mass is 196 g/mol. The zero-order valence-electron chi connectivity index (χ0n) is 8.96. The molecule has 0 aromatic rings. The minimum atomic E-state index is -0.515. The number of likely N-dealkylation sites (N-methyl/N-ethyl adjacent to an activating group) is 1. The molecule has 0 aromatic heterocycles. The summed E-state index contributed by atoms with van der Waals surface area (Å²) < 4.78 is 0. The van der Waals surface area contributed by atoms with Gasteiger partial charge in [-0.1, -0.05) is 12.8 Å². The molecule has 80 valence electrons. The van der Waals surface area contributed by atoms with Crippen LogP contribution in [0, 0.1) is 0 Å². The average Bonchev–Trinajstić information content (AvgIpc) is 2.90. The molecule has 2 aliphatic rings. The van der Waals surface area contributed by atoms with E-state index in [0.29, 0.717) is 6.04 Å². The maximum atomic E-state index is 12.2. The van der Waals surface area contributed by atoms with E-state index in [2.05, 4.69) is 6.92 Å². The Hall–Kier alpha value is -0.570. The Morgan fingerprint density at radius 2 is 2.00 bits per heavy atom. The van der Waals surface area contributed by atoms with Gasteiger partial charge in [0.25, 0.3) is 0 Å². The van der Waals surface area contributed by atoms with E-state index in [1.807, 2.05) is 4.90 Å². The largest absolute Gasteiger partial charge is 0.338 e. The van der Waals surface area contributed by atoms with Crippen LogP contribution in [0.15, 0.2) is 0 Å². The van der Waals surface area contributed by atoms with Crippen LogP contribution in [-0.2, 0) is 4.79 Å². The Bertz CT molecular complexity index is 229. The number of nitrogens with two attached hydrogens (primary N) is 1. The van der Waals surface area contributed by atoms with Crippen LogP contribution in [-0.4, -0.2) is 28.9 Å². The van der Waals surface area contributed by atoms with Crippen LogP contribution >= 0.6 is 0 Å². The Morgan fingerprint density at radius 1 is 1.43 bits per heavy atom. The minimum absolute atomic E-state index is 0.208. The third-order valence-electron chi connectivity index (χ3n) is 3.51. The van der Waals surface area contributed by atoms with Crippen molar-refractivity contribution in [2.45, 2.75) is 57.0 Å². The van der Waals surface area contributed by atoms with Crippen molar-refractivity contribution in [1.82, 2.24) is 4.90 Å². The Labute approximate surface area is 85.6 Å². The lowest BCUT2D eigenvalue weighted by molar-refractivity contribution is -0.137. The van der Waals surface area contributed by atoms with Crippen LogP contribution in [0.25, 0.3) is 0 Å². The molecule has 0 heterocycles. The highest BCUT2D eigenvalue weighted by atomic mass is 16.2. The van der Waals surface area contributed by atoms with Crippen LogP contribution in [0.1, 0.15) is 45.4 Å². The quantitative estimate of drug-likeness (QED) is 0.739. The van der Waals surface area contributed by atoms with Crippen LogP contribution in [0.4, 0.5) is 0 Å². The van der Waals surface area contributed by atoms with Crippen molar-refractivity contribution in [3.05, 3.63) is 0 Å². The number of amides is 1. The first-order valence-electron chi connectivity index (χ1n) is 5.77. The molecule has 2 N–H and O–H groups in total. The maximum Gasteiger partial charge on any atom is 0.242 e. The van der Waals surface area contributed by atoms with E-state index in [-0.39, 0.29) is 5.91 Å². The molecule has 2 saturated carbocycles. The predicted molar refractivity (Wildman–Crippen MR) is 55.8 cm³/mol. The van der Waals surface area contributed by atoms with Gasteiger partial charge in [0.2, 0.25) is 5.91 Å². The smallest absolute Gasteiger partial charge is 0.242 e. The molecule has 0 spiro atoms. The molecule has 0 unspecified atom stereocenters. The number of nitrogens with zero attached hydrogens (tertiary/aromatic N) is 1. The van der Waals surface area contributed by atoms with Gasteiger partial charge in [-0.2, -0.15) is 0 Å². The molecule has 2 rings (SSSR count). The summed E-state index contributed by atoms with van der Waals surface area (Å²) in [4.78, 5) is 14.2. The van der Waals surface area contributed by atoms with Crippen molar-refractivity contribution in [3.63, 3.8) is 0 Å². The molecule has 0 saturated heterocycles. The molecule has 0 aliphatic heterocycles. The summed E-state index contributed by atoms with van der Waals surface area (Å²) >= 11 is 0. The highest BCUT2D eigenvalue weighted by Gasteiger charge is 2.43. The summed E-state index contributed by atoms with van der Waals surface area (Å²) in [6.45, 7) is 2.87. The van der Waals surface area contributed by atoms with E-state index < -0.39 is 5.54 Å². The Kier molecular flexibility index (Phi) is 2.52. The van der Waals surface area contributed by atoms with Crippen LogP contribution in [0.2, 0.25) is 0 Å². The molecular weight excluding hydrogens is 176 g/mol. The third-order valence-corrected chi connectivity index (χ3v) is 3.51. The fraction of sp³-hybridized carbons (Fsp3) is 0.909. The average molecular weight is 196 g/mol. The van der Waals surface area contributed by atoms with Gasteiger partial charge in [-0.05, 0) is 32.6 Å². The Morgan fingerprint density at radius 3 is 2.43 bits per heavy atom. The fourth-order valence-corrected chi connectivity index (χ4v) is 2.46. The molecule has 14 heavy (non-hydrogen) atoms. The second kappa shape index (κ2) is 3.54. The van der Waals surface area contributed by atoms with E-state index in [9.17, 15) is 4.79 Å². The highest BCUT2D eigenvalue weighted by molar-refractivity contribution is 5.87. The number of carbonyl (C=O) groups excluding carboxylic acids is 1. The normalized spacial score (nSPS) is 25.0. The number of hydrogen-bond donors (Lipinski definition) is 1. The van der Waals surface area contributed by atoms with Gasteiger partial charge in [0.15, 0.2) is 0 Å². The topological polar surface area (TPSA) is 46.3 Å². The first-order valence-corrected chi connectivity index (χ1v) is 5.77. The van der Waals surface area contributed by atoms with Crippen molar-refractivity contribution in [2.75, 3.05) is 6.54 Å². The van der Waals surface area contributed by atoms with Gasteiger partial charge in [-0.15, -0.1) is 0 Å². The summed E-state index contributed by atoms with van der Waals surface area (Å²) in [5.41, 5.74) is 5.64. The molecular formula is C11H20N2O. The summed E-state index contributed by atoms with van der Waals surface area (Å²) in [6, 6.07) is 0.508. The van der Waals surface area contributed by atoms with E-state index in [1.54, 1.807) is 0 Å². The number of rotatable bonds is 3. The zero-order chi connectivity index (χ0) is 10.2. The molecule has 2 fully saturated rings. The molecule has 3 nitrogen and oxygen atoms in total. The van der Waals surface area contributed by atoms with Crippen molar-refractivity contribution in [2.24, 2.45) is 5.73 Å². The molecule has 0 bridgehead atoms. The molecule has 3 heteroatoms. The zero-order valence-corrected chi connectivity index (χ0v) is 8.96. The predicted octanol–water partition coefficient (Wildman–Crippen LogP) is 1.27. The van der Waals surface area contributed by atoms with Crippen LogP contribution in [0.5, 0.6) is 0 Å². The Balaban J connectivity index is 2.04. The second-order valence-corrected chi connectivity index (χ2v) is 4.69. The van der Waals surface area contributed by atoms with Crippen molar-refractivity contribution < 1.29 is 4.79 Å². The van der Waals surface area contributed by atoms with Gasteiger partial charge in [-0.3, -0.25) is 4.79 Å². The van der Waals surface area contributed by atoms with Crippen molar-refractivity contribution in [1.29, 1.82) is 0 Å². The highest BCUT2D eigenvalue weighted by Crippen LogP contribution is 2.33. The molecule has 0 atom stereocenters. The summed E-state index contributed by atoms with van der Waals surface area (Å²) in [5.74, 6) is 0.208. The van der Waals surface area contributed by atoms with Gasteiger partial charge in [0, 0.05) is 12.6 Å². The van der Waals surface area contributed by atoms with Gasteiger partial charge in [0.1, 0.15) is 0 Å². The molecule has 0 radical (unpaired) electrons. The molecule has 2 aliphatic carbocycles.